The summed E-state index contributed by atoms with van der Waals surface area (Å²) in [6.07, 6.45) is 1.18. The van der Waals surface area contributed by atoms with Gasteiger partial charge in [-0.3, -0.25) is 24.2 Å². The van der Waals surface area contributed by atoms with E-state index in [1.165, 1.54) is 7.05 Å². The second-order valence-electron chi connectivity index (χ2n) is 10.2. The van der Waals surface area contributed by atoms with Crippen molar-refractivity contribution in [3.63, 3.8) is 0 Å². The first-order chi connectivity index (χ1) is 18.9. The molecule has 40 heavy (non-hydrogen) atoms. The van der Waals surface area contributed by atoms with E-state index in [4.69, 9.17) is 11.5 Å². The number of likely N-dealkylation sites (N-methyl/N-ethyl adjacent to an activating group) is 1. The van der Waals surface area contributed by atoms with Crippen molar-refractivity contribution in [3.05, 3.63) is 35.9 Å². The average Bonchev–Trinajstić information content (AvgIpc) is 2.90. The summed E-state index contributed by atoms with van der Waals surface area (Å²) in [7, 11) is 1.45. The molecule has 1 aromatic carbocycles. The number of carbonyl (C=O) groups excluding carboxylic acids is 4. The second kappa shape index (κ2) is 17.8. The van der Waals surface area contributed by atoms with Crippen molar-refractivity contribution in [2.75, 3.05) is 20.2 Å². The SMILES string of the molecule is CNC(=O)[C@H](Cc1ccccc1)NC(=O)[C@H](CO)NC(=O)[C@@H](NC(=O)[C@H](CCCN=C(N)N)NC(C)C)C(C)C. The van der Waals surface area contributed by atoms with Crippen LogP contribution in [-0.4, -0.2) is 85.1 Å². The van der Waals surface area contributed by atoms with E-state index in [9.17, 15) is 24.3 Å². The fraction of sp³-hybridized carbons (Fsp3) is 0.593. The smallest absolute Gasteiger partial charge is 0.245 e. The van der Waals surface area contributed by atoms with Crippen LogP contribution in [0.15, 0.2) is 35.3 Å². The maximum absolute atomic E-state index is 13.2. The third-order valence-corrected chi connectivity index (χ3v) is 6.02. The predicted octanol–water partition coefficient (Wildman–Crippen LogP) is -1.50. The largest absolute Gasteiger partial charge is 0.394 e. The summed E-state index contributed by atoms with van der Waals surface area (Å²) in [4.78, 5) is 55.6. The van der Waals surface area contributed by atoms with Crippen LogP contribution < -0.4 is 38.1 Å². The zero-order valence-electron chi connectivity index (χ0n) is 24.1. The van der Waals surface area contributed by atoms with Gasteiger partial charge in [0.15, 0.2) is 5.96 Å². The Bertz CT molecular complexity index is 982. The quantitative estimate of drug-likeness (QED) is 0.0634. The third-order valence-electron chi connectivity index (χ3n) is 6.02. The predicted molar refractivity (Wildman–Crippen MR) is 154 cm³/mol. The van der Waals surface area contributed by atoms with Gasteiger partial charge in [-0.15, -0.1) is 0 Å². The highest BCUT2D eigenvalue weighted by Crippen LogP contribution is 2.08. The number of nitrogens with two attached hydrogens (primary N) is 2. The highest BCUT2D eigenvalue weighted by Gasteiger charge is 2.32. The molecule has 4 amide bonds. The molecule has 1 rings (SSSR count). The lowest BCUT2D eigenvalue weighted by atomic mass is 10.0. The van der Waals surface area contributed by atoms with Crippen LogP contribution in [0.1, 0.15) is 46.1 Å². The molecular weight excluding hydrogens is 516 g/mol. The van der Waals surface area contributed by atoms with E-state index in [1.54, 1.807) is 13.8 Å². The molecule has 0 aromatic heterocycles. The van der Waals surface area contributed by atoms with Crippen molar-refractivity contribution in [3.8, 4) is 0 Å². The minimum absolute atomic E-state index is 0.00299. The lowest BCUT2D eigenvalue weighted by Gasteiger charge is -2.28. The minimum atomic E-state index is -1.34. The van der Waals surface area contributed by atoms with E-state index >= 15 is 0 Å². The number of benzene rings is 1. The number of aliphatic hydroxyl groups is 1. The van der Waals surface area contributed by atoms with Crippen molar-refractivity contribution < 1.29 is 24.3 Å². The summed E-state index contributed by atoms with van der Waals surface area (Å²) < 4.78 is 0. The Morgan fingerprint density at radius 1 is 0.850 bits per heavy atom. The van der Waals surface area contributed by atoms with Crippen molar-refractivity contribution in [1.29, 1.82) is 0 Å². The Balaban J connectivity index is 2.92. The van der Waals surface area contributed by atoms with Gasteiger partial charge >= 0.3 is 0 Å². The maximum atomic E-state index is 13.2. The van der Waals surface area contributed by atoms with E-state index in [0.717, 1.165) is 5.56 Å². The Kier molecular flexibility index (Phi) is 15.3. The van der Waals surface area contributed by atoms with Crippen molar-refractivity contribution >= 4 is 29.6 Å². The lowest BCUT2D eigenvalue weighted by Crippen LogP contribution is -2.60. The van der Waals surface area contributed by atoms with Crippen LogP contribution in [0.25, 0.3) is 0 Å². The zero-order valence-corrected chi connectivity index (χ0v) is 24.1. The summed E-state index contributed by atoms with van der Waals surface area (Å²) in [6.45, 7) is 6.96. The van der Waals surface area contributed by atoms with Gasteiger partial charge in [0, 0.05) is 26.1 Å². The number of rotatable bonds is 17. The van der Waals surface area contributed by atoms with E-state index < -0.39 is 48.5 Å². The minimum Gasteiger partial charge on any atom is -0.394 e. The van der Waals surface area contributed by atoms with Crippen LogP contribution in [-0.2, 0) is 25.6 Å². The first kappa shape index (κ1) is 34.3. The average molecular weight is 563 g/mol. The molecule has 0 aliphatic rings. The first-order valence-corrected chi connectivity index (χ1v) is 13.5. The van der Waals surface area contributed by atoms with E-state index in [0.29, 0.717) is 19.4 Å². The van der Waals surface area contributed by atoms with E-state index in [-0.39, 0.29) is 30.2 Å². The maximum Gasteiger partial charge on any atom is 0.245 e. The number of amides is 4. The number of hydrogen-bond donors (Lipinski definition) is 8. The molecule has 1 aromatic rings. The number of nitrogens with one attached hydrogen (secondary N) is 5. The summed E-state index contributed by atoms with van der Waals surface area (Å²) in [5.74, 6) is -2.53. The molecule has 0 aliphatic carbocycles. The van der Waals surface area contributed by atoms with Crippen LogP contribution in [0.5, 0.6) is 0 Å². The second-order valence-corrected chi connectivity index (χ2v) is 10.2. The van der Waals surface area contributed by atoms with Crippen molar-refractivity contribution in [2.45, 2.75) is 77.2 Å². The zero-order chi connectivity index (χ0) is 30.2. The van der Waals surface area contributed by atoms with Gasteiger partial charge in [-0.1, -0.05) is 58.0 Å². The van der Waals surface area contributed by atoms with Gasteiger partial charge in [-0.05, 0) is 24.3 Å². The molecule has 0 heterocycles. The molecule has 0 saturated heterocycles. The van der Waals surface area contributed by atoms with E-state index in [2.05, 4.69) is 31.6 Å². The Labute approximate surface area is 236 Å². The monoisotopic (exact) mass is 562 g/mol. The molecule has 0 saturated carbocycles. The highest BCUT2D eigenvalue weighted by atomic mass is 16.3. The summed E-state index contributed by atoms with van der Waals surface area (Å²) in [5, 5.41) is 23.5. The number of nitrogens with zero attached hydrogens (tertiary/aromatic N) is 1. The summed E-state index contributed by atoms with van der Waals surface area (Å²) >= 11 is 0. The molecule has 13 heteroatoms. The van der Waals surface area contributed by atoms with Gasteiger partial charge in [0.05, 0.1) is 12.6 Å². The van der Waals surface area contributed by atoms with Crippen LogP contribution >= 0.6 is 0 Å². The van der Waals surface area contributed by atoms with Crippen LogP contribution in [0, 0.1) is 5.92 Å². The van der Waals surface area contributed by atoms with Crippen LogP contribution in [0.4, 0.5) is 0 Å². The lowest BCUT2D eigenvalue weighted by molar-refractivity contribution is -0.135. The van der Waals surface area contributed by atoms with Crippen LogP contribution in [0.3, 0.4) is 0 Å². The van der Waals surface area contributed by atoms with Gasteiger partial charge < -0.3 is 43.2 Å². The van der Waals surface area contributed by atoms with Gasteiger partial charge in [-0.2, -0.15) is 0 Å². The van der Waals surface area contributed by atoms with Crippen molar-refractivity contribution in [2.24, 2.45) is 22.4 Å². The Hall–Kier alpha value is -3.71. The van der Waals surface area contributed by atoms with Gasteiger partial charge in [0.1, 0.15) is 18.1 Å². The molecule has 0 radical (unpaired) electrons. The Morgan fingerprint density at radius 2 is 1.45 bits per heavy atom. The van der Waals surface area contributed by atoms with Crippen LogP contribution in [0.2, 0.25) is 0 Å². The summed E-state index contributed by atoms with van der Waals surface area (Å²) in [5.41, 5.74) is 11.5. The standard InChI is InChI=1S/C27H46N8O5/c1-16(2)22(35-24(38)19(32-17(3)4)12-9-13-31-27(28)29)26(40)34-21(15-36)25(39)33-20(23(37)30-5)14-18-10-7-6-8-11-18/h6-8,10-11,16-17,19-22,32,36H,9,12-15H2,1-5H3,(H,30,37)(H,33,39)(H,34,40)(H,35,38)(H4,28,29,31)/t19-,20-,21-,22-/m0/s1. The Morgan fingerprint density at radius 3 is 1.98 bits per heavy atom. The molecule has 0 spiro atoms. The van der Waals surface area contributed by atoms with E-state index in [1.807, 2.05) is 44.2 Å². The first-order valence-electron chi connectivity index (χ1n) is 13.5. The number of aliphatic hydroxyl groups excluding tert-OH is 1. The number of hydrogen-bond acceptors (Lipinski definition) is 7. The highest BCUT2D eigenvalue weighted by molar-refractivity contribution is 5.95. The number of carbonyl (C=O) groups is 4. The normalized spacial score (nSPS) is 14.0. The molecule has 0 unspecified atom stereocenters. The van der Waals surface area contributed by atoms with Crippen molar-refractivity contribution in [1.82, 2.24) is 26.6 Å². The fourth-order valence-corrected chi connectivity index (χ4v) is 3.95. The topological polar surface area (TPSA) is 213 Å². The molecule has 4 atom stereocenters. The number of aliphatic imine (C=N–C) groups is 1. The molecule has 0 fully saturated rings. The number of guanidine groups is 1. The molecule has 10 N–H and O–H groups in total. The molecule has 13 nitrogen and oxygen atoms in total. The fourth-order valence-electron chi connectivity index (χ4n) is 3.95. The van der Waals surface area contributed by atoms with Gasteiger partial charge in [-0.25, -0.2) is 0 Å². The molecule has 0 bridgehead atoms. The van der Waals surface area contributed by atoms with Gasteiger partial charge in [0.25, 0.3) is 0 Å². The third kappa shape index (κ3) is 12.4. The van der Waals surface area contributed by atoms with Gasteiger partial charge in [0.2, 0.25) is 23.6 Å². The molecular formula is C27H46N8O5. The molecule has 224 valence electrons. The molecule has 0 aliphatic heterocycles. The summed E-state index contributed by atoms with van der Waals surface area (Å²) in [6, 6.07) is 5.28.